The Hall–Kier alpha value is -5.41. The molecule has 17 nitrogen and oxygen atoms in total. The number of amides is 4. The van der Waals surface area contributed by atoms with Gasteiger partial charge in [-0.05, 0) is 61.9 Å². The molecule has 0 bridgehead atoms. The van der Waals surface area contributed by atoms with Gasteiger partial charge in [0, 0.05) is 47.1 Å². The van der Waals surface area contributed by atoms with Gasteiger partial charge in [-0.3, -0.25) is 28.7 Å². The largest absolute Gasteiger partial charge is 0.391 e. The van der Waals surface area contributed by atoms with Gasteiger partial charge in [-0.2, -0.15) is 0 Å². The Labute approximate surface area is 415 Å². The normalized spacial score (nSPS) is 17.1. The number of ether oxygens (including phenoxy) is 3. The number of aliphatic imine (C=N–C) groups is 1. The van der Waals surface area contributed by atoms with Gasteiger partial charge in [0.15, 0.2) is 5.82 Å². The van der Waals surface area contributed by atoms with Gasteiger partial charge in [0.25, 0.3) is 0 Å². The van der Waals surface area contributed by atoms with E-state index in [1.165, 1.54) is 4.90 Å². The van der Waals surface area contributed by atoms with Gasteiger partial charge in [0.05, 0.1) is 67.4 Å². The first-order chi connectivity index (χ1) is 33.0. The summed E-state index contributed by atoms with van der Waals surface area (Å²) < 4.78 is 18.8. The van der Waals surface area contributed by atoms with Crippen molar-refractivity contribution >= 4 is 63.6 Å². The fourth-order valence-electron chi connectivity index (χ4n) is 8.23. The van der Waals surface area contributed by atoms with Crippen molar-refractivity contribution < 1.29 is 38.5 Å². The number of hydrogen-bond acceptors (Lipinski definition) is 14. The maximum Gasteiger partial charge on any atom is 0.246 e. The van der Waals surface area contributed by atoms with E-state index in [0.29, 0.717) is 16.7 Å². The highest BCUT2D eigenvalue weighted by molar-refractivity contribution is 7.15. The molecule has 4 atom stereocenters. The maximum absolute atomic E-state index is 14.0. The van der Waals surface area contributed by atoms with Crippen molar-refractivity contribution in [1.82, 2.24) is 40.6 Å². The molecule has 5 aromatic rings. The molecule has 368 valence electrons. The first-order valence-electron chi connectivity index (χ1n) is 22.9. The van der Waals surface area contributed by atoms with Crippen molar-refractivity contribution in [3.05, 3.63) is 104 Å². The molecular weight excluding hydrogens is 942 g/mol. The SMILES string of the molecule is Cc1ncsc1-c1ccc(CNC(=O)[C@@H]2C[C@@H](O)CN2C(=O)[C@@H](NC(=O)COCCOCCOCCNC(=O)C[C@@H]2N=C(c3ccc(Cl)cc3)c3c(sc(C)c3C)-n3c(C)nnc32)C(C)(C)C)cc1. The average molecular weight is 1000 g/mol. The summed E-state index contributed by atoms with van der Waals surface area (Å²) in [5, 5.41) is 29.6. The van der Waals surface area contributed by atoms with Crippen LogP contribution >= 0.6 is 34.3 Å². The Balaban J connectivity index is 0.797. The number of aliphatic hydroxyl groups is 1. The second kappa shape index (κ2) is 23.0. The van der Waals surface area contributed by atoms with Crippen molar-refractivity contribution in [2.24, 2.45) is 10.4 Å². The molecule has 2 aliphatic heterocycles. The van der Waals surface area contributed by atoms with Crippen molar-refractivity contribution in [3.8, 4) is 15.4 Å². The molecule has 0 spiro atoms. The molecule has 0 radical (unpaired) electrons. The predicted molar refractivity (Wildman–Crippen MR) is 265 cm³/mol. The minimum absolute atomic E-state index is 0.0281. The third-order valence-corrected chi connectivity index (χ3v) is 14.4. The van der Waals surface area contributed by atoms with E-state index >= 15 is 0 Å². The molecule has 1 fully saturated rings. The number of carbonyl (C=O) groups excluding carboxylic acids is 4. The van der Waals surface area contributed by atoms with Gasteiger partial charge in [-0.25, -0.2) is 4.98 Å². The summed E-state index contributed by atoms with van der Waals surface area (Å²) in [6.07, 6.45) is -0.737. The van der Waals surface area contributed by atoms with Gasteiger partial charge in [0.1, 0.15) is 35.6 Å². The van der Waals surface area contributed by atoms with Crippen LogP contribution in [0.1, 0.15) is 84.1 Å². The third-order valence-electron chi connectivity index (χ3n) is 12.0. The smallest absolute Gasteiger partial charge is 0.246 e. The topological polar surface area (TPSA) is 211 Å². The lowest BCUT2D eigenvalue weighted by molar-refractivity contribution is -0.144. The lowest BCUT2D eigenvalue weighted by Gasteiger charge is -2.35. The fraction of sp³-hybridized carbons (Fsp3) is 0.469. The lowest BCUT2D eigenvalue weighted by Crippen LogP contribution is -2.58. The molecule has 0 saturated carbocycles. The number of aliphatic hydroxyl groups excluding tert-OH is 1. The van der Waals surface area contributed by atoms with Gasteiger partial charge in [-0.1, -0.05) is 68.8 Å². The van der Waals surface area contributed by atoms with Gasteiger partial charge in [-0.15, -0.1) is 32.9 Å². The second-order valence-electron chi connectivity index (χ2n) is 18.2. The van der Waals surface area contributed by atoms with E-state index in [1.807, 2.05) is 93.2 Å². The van der Waals surface area contributed by atoms with Crippen LogP contribution in [0.5, 0.6) is 0 Å². The Bertz CT molecular complexity index is 2640. The molecule has 3 aromatic heterocycles. The molecule has 1 saturated heterocycles. The minimum Gasteiger partial charge on any atom is -0.391 e. The van der Waals surface area contributed by atoms with Crippen LogP contribution < -0.4 is 16.0 Å². The van der Waals surface area contributed by atoms with E-state index < -0.39 is 41.5 Å². The molecule has 2 aromatic carbocycles. The number of nitrogens with zero attached hydrogens (tertiary/aromatic N) is 6. The monoisotopic (exact) mass is 1000 g/mol. The zero-order valence-electron chi connectivity index (χ0n) is 40.0. The number of β-amino-alcohol motifs (C(OH)–C–C–N with tert-alkyl or cyclic N) is 1. The van der Waals surface area contributed by atoms with E-state index in [4.69, 9.17) is 30.8 Å². The molecule has 0 unspecified atom stereocenters. The number of aryl methyl sites for hydroxylation is 3. The number of thiophene rings is 1. The van der Waals surface area contributed by atoms with Crippen LogP contribution in [0.25, 0.3) is 15.4 Å². The van der Waals surface area contributed by atoms with Crippen LogP contribution in [-0.2, 0) is 39.9 Å². The van der Waals surface area contributed by atoms with E-state index in [-0.39, 0.29) is 83.9 Å². The molecule has 2 aliphatic rings. The number of benzene rings is 2. The highest BCUT2D eigenvalue weighted by atomic mass is 35.5. The second-order valence-corrected chi connectivity index (χ2v) is 20.7. The zero-order chi connectivity index (χ0) is 49.4. The summed E-state index contributed by atoms with van der Waals surface area (Å²) in [7, 11) is 0. The van der Waals surface area contributed by atoms with Gasteiger partial charge < -0.3 is 40.2 Å². The number of carbonyl (C=O) groups is 4. The van der Waals surface area contributed by atoms with Crippen molar-refractivity contribution in [1.29, 1.82) is 0 Å². The number of aromatic nitrogens is 4. The summed E-state index contributed by atoms with van der Waals surface area (Å²) in [4.78, 5) is 66.8. The summed E-state index contributed by atoms with van der Waals surface area (Å²) in [5.74, 6) is -0.231. The molecular formula is C49H60ClN9O8S2. The van der Waals surface area contributed by atoms with Crippen LogP contribution in [0.2, 0.25) is 5.02 Å². The summed E-state index contributed by atoms with van der Waals surface area (Å²) >= 11 is 9.45. The number of halogens is 1. The number of rotatable bonds is 20. The van der Waals surface area contributed by atoms with Crippen molar-refractivity contribution in [2.75, 3.05) is 52.7 Å². The molecule has 0 aliphatic carbocycles. The Morgan fingerprint density at radius 3 is 2.25 bits per heavy atom. The van der Waals surface area contributed by atoms with E-state index in [1.54, 1.807) is 22.7 Å². The summed E-state index contributed by atoms with van der Waals surface area (Å²) in [5.41, 5.74) is 7.76. The average Bonchev–Trinajstić information content (AvgIpc) is 4.08. The minimum atomic E-state index is -0.984. The maximum atomic E-state index is 14.0. The molecule has 7 rings (SSSR count). The number of fused-ring (bicyclic) bond motifs is 3. The highest BCUT2D eigenvalue weighted by Crippen LogP contribution is 2.40. The lowest BCUT2D eigenvalue weighted by atomic mass is 9.85. The van der Waals surface area contributed by atoms with Crippen molar-refractivity contribution in [3.63, 3.8) is 0 Å². The van der Waals surface area contributed by atoms with Crippen LogP contribution in [0.3, 0.4) is 0 Å². The van der Waals surface area contributed by atoms with E-state index in [9.17, 15) is 24.3 Å². The standard InChI is InChI=1S/C49H60ClN9O8S2/c1-28-30(3)69-48-41(28)42(33-12-14-35(50)15-13-33)54-37(45-57-56-31(4)59(45)48)23-39(61)51-16-17-65-18-19-66-20-21-67-26-40(62)55-44(49(5,6)7)47(64)58-25-36(60)22-38(58)46(63)52-24-32-8-10-34(11-9-32)43-29(2)53-27-68-43/h8-15,27,36-38,44,60H,16-26H2,1-7H3,(H,51,61)(H,52,63)(H,55,62)/t36-,37+,38+,44-/m1/s1. The number of nitrogens with one attached hydrogen (secondary N) is 3. The predicted octanol–water partition coefficient (Wildman–Crippen LogP) is 5.60. The van der Waals surface area contributed by atoms with E-state index in [2.05, 4.69) is 45.0 Å². The molecule has 5 heterocycles. The molecule has 4 N–H and O–H groups in total. The first kappa shape index (κ1) is 51.4. The highest BCUT2D eigenvalue weighted by Gasteiger charge is 2.44. The summed E-state index contributed by atoms with van der Waals surface area (Å²) in [6, 6.07) is 12.9. The Morgan fingerprint density at radius 1 is 0.884 bits per heavy atom. The first-order valence-corrected chi connectivity index (χ1v) is 25.0. The third kappa shape index (κ3) is 12.7. The van der Waals surface area contributed by atoms with Gasteiger partial charge >= 0.3 is 0 Å². The number of thiazole rings is 1. The number of hydrogen-bond donors (Lipinski definition) is 4. The zero-order valence-corrected chi connectivity index (χ0v) is 42.4. The van der Waals surface area contributed by atoms with E-state index in [0.717, 1.165) is 54.0 Å². The van der Waals surface area contributed by atoms with Crippen LogP contribution in [0.15, 0.2) is 59.0 Å². The Morgan fingerprint density at radius 2 is 1.57 bits per heavy atom. The number of likely N-dealkylation sites (tertiary alicyclic amines) is 1. The van der Waals surface area contributed by atoms with Gasteiger partial charge in [0.2, 0.25) is 23.6 Å². The van der Waals surface area contributed by atoms with Crippen LogP contribution in [0, 0.1) is 33.1 Å². The molecule has 20 heteroatoms. The Kier molecular flexibility index (Phi) is 17.2. The quantitative estimate of drug-likeness (QED) is 0.0706. The fourth-order valence-corrected chi connectivity index (χ4v) is 10.4. The molecule has 69 heavy (non-hydrogen) atoms. The van der Waals surface area contributed by atoms with Crippen LogP contribution in [0.4, 0.5) is 0 Å². The van der Waals surface area contributed by atoms with Crippen LogP contribution in [-0.4, -0.2) is 130 Å². The van der Waals surface area contributed by atoms with Crippen molar-refractivity contribution in [2.45, 2.75) is 92.1 Å². The summed E-state index contributed by atoms with van der Waals surface area (Å²) in [6.45, 7) is 14.8. The molecule has 4 amide bonds.